The Labute approximate surface area is 121 Å². The quantitative estimate of drug-likeness (QED) is 0.793. The van der Waals surface area contributed by atoms with Crippen molar-refractivity contribution in [3.8, 4) is 0 Å². The van der Waals surface area contributed by atoms with Gasteiger partial charge in [0.2, 0.25) is 11.8 Å². The number of imide groups is 1. The van der Waals surface area contributed by atoms with Gasteiger partial charge in [-0.1, -0.05) is 6.92 Å². The minimum absolute atomic E-state index is 0.00655. The molecule has 2 aliphatic rings. The Bertz CT molecular complexity index is 395. The fourth-order valence-electron chi connectivity index (χ4n) is 3.09. The normalized spacial score (nSPS) is 31.7. The first-order valence-electron chi connectivity index (χ1n) is 7.60. The van der Waals surface area contributed by atoms with Crippen LogP contribution in [-0.2, 0) is 14.3 Å². The van der Waals surface area contributed by atoms with Gasteiger partial charge < -0.3 is 10.1 Å². The van der Waals surface area contributed by atoms with Crippen molar-refractivity contribution in [1.82, 2.24) is 10.2 Å². The molecule has 20 heavy (non-hydrogen) atoms. The van der Waals surface area contributed by atoms with Crippen LogP contribution in [0.3, 0.4) is 0 Å². The van der Waals surface area contributed by atoms with Gasteiger partial charge in [-0.25, -0.2) is 0 Å². The maximum Gasteiger partial charge on any atom is 0.247 e. The molecule has 2 aliphatic heterocycles. The fraction of sp³-hybridized carbons (Fsp3) is 0.867. The SMILES string of the molecule is CCC(C)N1C(=O)CC(NC2CCOC(C)(C)C2)C1=O. The average Bonchev–Trinajstić information content (AvgIpc) is 2.62. The van der Waals surface area contributed by atoms with Crippen molar-refractivity contribution < 1.29 is 14.3 Å². The van der Waals surface area contributed by atoms with Gasteiger partial charge in [-0.2, -0.15) is 0 Å². The molecule has 3 atom stereocenters. The molecule has 5 nitrogen and oxygen atoms in total. The predicted octanol–water partition coefficient (Wildman–Crippen LogP) is 1.46. The lowest BCUT2D eigenvalue weighted by molar-refractivity contribution is -0.141. The van der Waals surface area contributed by atoms with Crippen molar-refractivity contribution >= 4 is 11.8 Å². The standard InChI is InChI=1S/C15H26N2O3/c1-5-10(2)17-13(18)8-12(14(17)19)16-11-6-7-20-15(3,4)9-11/h10-12,16H,5-9H2,1-4H3. The molecule has 2 rings (SSSR count). The third-order valence-corrected chi connectivity index (χ3v) is 4.35. The summed E-state index contributed by atoms with van der Waals surface area (Å²) >= 11 is 0. The van der Waals surface area contributed by atoms with E-state index in [1.165, 1.54) is 4.90 Å². The Morgan fingerprint density at radius 1 is 1.45 bits per heavy atom. The van der Waals surface area contributed by atoms with Crippen molar-refractivity contribution in [2.75, 3.05) is 6.61 Å². The Morgan fingerprint density at radius 2 is 2.15 bits per heavy atom. The molecule has 0 aromatic heterocycles. The molecule has 2 fully saturated rings. The predicted molar refractivity (Wildman–Crippen MR) is 76.2 cm³/mol. The van der Waals surface area contributed by atoms with Crippen molar-refractivity contribution in [1.29, 1.82) is 0 Å². The number of likely N-dealkylation sites (tertiary alicyclic amines) is 1. The number of amides is 2. The van der Waals surface area contributed by atoms with Crippen LogP contribution in [0, 0.1) is 0 Å². The van der Waals surface area contributed by atoms with Crippen LogP contribution < -0.4 is 5.32 Å². The average molecular weight is 282 g/mol. The summed E-state index contributed by atoms with van der Waals surface area (Å²) in [5.41, 5.74) is -0.155. The number of ether oxygens (including phenoxy) is 1. The Morgan fingerprint density at radius 3 is 2.75 bits per heavy atom. The molecule has 0 spiro atoms. The zero-order valence-electron chi connectivity index (χ0n) is 12.9. The molecular weight excluding hydrogens is 256 g/mol. The highest BCUT2D eigenvalue weighted by Crippen LogP contribution is 2.26. The summed E-state index contributed by atoms with van der Waals surface area (Å²) in [7, 11) is 0. The van der Waals surface area contributed by atoms with Gasteiger partial charge >= 0.3 is 0 Å². The van der Waals surface area contributed by atoms with Gasteiger partial charge in [0, 0.05) is 18.7 Å². The van der Waals surface area contributed by atoms with E-state index in [0.717, 1.165) is 19.3 Å². The molecule has 5 heteroatoms. The van der Waals surface area contributed by atoms with Gasteiger partial charge in [0.1, 0.15) is 0 Å². The van der Waals surface area contributed by atoms with Crippen LogP contribution in [0.1, 0.15) is 53.4 Å². The summed E-state index contributed by atoms with van der Waals surface area (Å²) in [6, 6.07) is -0.110. The first-order valence-corrected chi connectivity index (χ1v) is 7.60. The van der Waals surface area contributed by atoms with E-state index >= 15 is 0 Å². The molecule has 0 aliphatic carbocycles. The fourth-order valence-corrected chi connectivity index (χ4v) is 3.09. The van der Waals surface area contributed by atoms with Crippen molar-refractivity contribution in [2.24, 2.45) is 0 Å². The first kappa shape index (κ1) is 15.4. The molecule has 0 bridgehead atoms. The lowest BCUT2D eigenvalue weighted by Gasteiger charge is -2.36. The lowest BCUT2D eigenvalue weighted by atomic mass is 9.93. The third kappa shape index (κ3) is 3.20. The molecule has 3 unspecified atom stereocenters. The second-order valence-corrected chi connectivity index (χ2v) is 6.58. The largest absolute Gasteiger partial charge is 0.375 e. The molecule has 0 radical (unpaired) electrons. The molecule has 114 valence electrons. The van der Waals surface area contributed by atoms with E-state index in [0.29, 0.717) is 13.0 Å². The molecule has 2 saturated heterocycles. The van der Waals surface area contributed by atoms with Crippen LogP contribution in [-0.4, -0.2) is 47.0 Å². The van der Waals surface area contributed by atoms with E-state index in [1.54, 1.807) is 0 Å². The first-order chi connectivity index (χ1) is 9.34. The monoisotopic (exact) mass is 282 g/mol. The van der Waals surface area contributed by atoms with Crippen LogP contribution >= 0.6 is 0 Å². The highest BCUT2D eigenvalue weighted by atomic mass is 16.5. The summed E-state index contributed by atoms with van der Waals surface area (Å²) in [4.78, 5) is 25.8. The third-order valence-electron chi connectivity index (χ3n) is 4.35. The van der Waals surface area contributed by atoms with Crippen molar-refractivity contribution in [3.63, 3.8) is 0 Å². The zero-order valence-corrected chi connectivity index (χ0v) is 12.9. The van der Waals surface area contributed by atoms with Crippen LogP contribution in [0.2, 0.25) is 0 Å². The van der Waals surface area contributed by atoms with E-state index in [4.69, 9.17) is 4.74 Å². The molecule has 2 amide bonds. The Hall–Kier alpha value is -0.940. The van der Waals surface area contributed by atoms with Crippen LogP contribution in [0.25, 0.3) is 0 Å². The van der Waals surface area contributed by atoms with Gasteiger partial charge in [-0.3, -0.25) is 14.5 Å². The van der Waals surface area contributed by atoms with Crippen molar-refractivity contribution in [3.05, 3.63) is 0 Å². The summed E-state index contributed by atoms with van der Waals surface area (Å²) < 4.78 is 5.68. The van der Waals surface area contributed by atoms with Crippen LogP contribution in [0.4, 0.5) is 0 Å². The van der Waals surface area contributed by atoms with E-state index in [1.807, 2.05) is 13.8 Å². The van der Waals surface area contributed by atoms with Gasteiger partial charge in [0.15, 0.2) is 0 Å². The number of hydrogen-bond acceptors (Lipinski definition) is 4. The van der Waals surface area contributed by atoms with E-state index in [2.05, 4.69) is 19.2 Å². The van der Waals surface area contributed by atoms with Gasteiger partial charge in [0.25, 0.3) is 0 Å². The molecular formula is C15H26N2O3. The maximum atomic E-state index is 12.4. The number of rotatable bonds is 4. The summed E-state index contributed by atoms with van der Waals surface area (Å²) in [6.45, 7) is 8.75. The second kappa shape index (κ2) is 5.82. The molecule has 0 aromatic rings. The molecule has 2 heterocycles. The van der Waals surface area contributed by atoms with Gasteiger partial charge in [-0.15, -0.1) is 0 Å². The summed E-state index contributed by atoms with van der Waals surface area (Å²) in [5, 5.41) is 3.37. The second-order valence-electron chi connectivity index (χ2n) is 6.58. The molecule has 0 saturated carbocycles. The van der Waals surface area contributed by atoms with E-state index in [9.17, 15) is 9.59 Å². The smallest absolute Gasteiger partial charge is 0.247 e. The van der Waals surface area contributed by atoms with Gasteiger partial charge in [0.05, 0.1) is 18.1 Å². The molecule has 0 aromatic carbocycles. The van der Waals surface area contributed by atoms with Crippen molar-refractivity contribution in [2.45, 2.75) is 77.1 Å². The number of hydrogen-bond donors (Lipinski definition) is 1. The van der Waals surface area contributed by atoms with Crippen LogP contribution in [0.15, 0.2) is 0 Å². The number of nitrogens with zero attached hydrogens (tertiary/aromatic N) is 1. The van der Waals surface area contributed by atoms with Gasteiger partial charge in [-0.05, 0) is 40.0 Å². The highest BCUT2D eigenvalue weighted by Gasteiger charge is 2.42. The summed E-state index contributed by atoms with van der Waals surface area (Å²) in [5.74, 6) is -0.109. The summed E-state index contributed by atoms with van der Waals surface area (Å²) in [6.07, 6.45) is 2.86. The number of nitrogens with one attached hydrogen (secondary N) is 1. The Kier molecular flexibility index (Phi) is 4.49. The van der Waals surface area contributed by atoms with Crippen LogP contribution in [0.5, 0.6) is 0 Å². The maximum absolute atomic E-state index is 12.4. The topological polar surface area (TPSA) is 58.6 Å². The highest BCUT2D eigenvalue weighted by molar-refractivity contribution is 6.05. The Balaban J connectivity index is 1.97. The number of carbonyl (C=O) groups is 2. The minimum atomic E-state index is -0.351. The minimum Gasteiger partial charge on any atom is -0.375 e. The molecule has 1 N–H and O–H groups in total. The van der Waals surface area contributed by atoms with E-state index in [-0.39, 0.29) is 35.5 Å². The zero-order chi connectivity index (χ0) is 14.9. The number of carbonyl (C=O) groups excluding carboxylic acids is 2. The van der Waals surface area contributed by atoms with E-state index < -0.39 is 0 Å². The lowest BCUT2D eigenvalue weighted by Crippen LogP contribution is -2.50.